The zero-order valence-electron chi connectivity index (χ0n) is 14.1. The molecule has 4 aromatic rings. The molecule has 1 saturated carbocycles. The highest BCUT2D eigenvalue weighted by atomic mass is 32.1. The van der Waals surface area contributed by atoms with Crippen molar-refractivity contribution in [3.63, 3.8) is 0 Å². The molecule has 3 heterocycles. The van der Waals surface area contributed by atoms with Crippen molar-refractivity contribution in [1.82, 2.24) is 24.0 Å². The second-order valence-corrected chi connectivity index (χ2v) is 7.08. The predicted octanol–water partition coefficient (Wildman–Crippen LogP) is 3.44. The van der Waals surface area contributed by atoms with Gasteiger partial charge in [0.1, 0.15) is 34.6 Å². The van der Waals surface area contributed by atoms with Crippen molar-refractivity contribution in [3.05, 3.63) is 48.4 Å². The van der Waals surface area contributed by atoms with Crippen LogP contribution < -0.4 is 10.6 Å². The average molecular weight is 374 g/mol. The quantitative estimate of drug-likeness (QED) is 0.551. The number of nitriles is 1. The highest BCUT2D eigenvalue weighted by Gasteiger charge is 2.23. The molecule has 5 rings (SSSR count). The van der Waals surface area contributed by atoms with Crippen molar-refractivity contribution >= 4 is 34.5 Å². The van der Waals surface area contributed by atoms with Crippen LogP contribution in [0.1, 0.15) is 18.4 Å². The zero-order chi connectivity index (χ0) is 18.2. The molecule has 132 valence electrons. The van der Waals surface area contributed by atoms with E-state index in [1.807, 2.05) is 30.3 Å². The van der Waals surface area contributed by atoms with E-state index in [2.05, 4.69) is 36.1 Å². The van der Waals surface area contributed by atoms with Crippen LogP contribution >= 0.6 is 11.5 Å². The van der Waals surface area contributed by atoms with Crippen LogP contribution in [0.2, 0.25) is 0 Å². The summed E-state index contributed by atoms with van der Waals surface area (Å²) in [4.78, 5) is 8.83. The van der Waals surface area contributed by atoms with Gasteiger partial charge in [-0.25, -0.2) is 9.97 Å². The van der Waals surface area contributed by atoms with E-state index in [0.717, 1.165) is 34.9 Å². The molecule has 1 aliphatic rings. The number of aromatic nitrogens is 5. The van der Waals surface area contributed by atoms with Gasteiger partial charge in [0.05, 0.1) is 6.20 Å². The normalized spacial score (nSPS) is 13.4. The molecule has 0 saturated heterocycles. The van der Waals surface area contributed by atoms with E-state index in [9.17, 15) is 5.26 Å². The maximum absolute atomic E-state index is 9.34. The Balaban J connectivity index is 1.53. The first-order chi connectivity index (χ1) is 13.3. The number of rotatable bonds is 5. The number of nitrogens with zero attached hydrogens (tertiary/aromatic N) is 6. The topological polar surface area (TPSA) is 104 Å². The van der Waals surface area contributed by atoms with E-state index in [4.69, 9.17) is 0 Å². The Labute approximate surface area is 158 Å². The van der Waals surface area contributed by atoms with E-state index in [0.29, 0.717) is 23.1 Å². The highest BCUT2D eigenvalue weighted by Crippen LogP contribution is 2.29. The Morgan fingerprint density at radius 2 is 2.19 bits per heavy atom. The maximum atomic E-state index is 9.34. The second-order valence-electron chi connectivity index (χ2n) is 6.30. The number of hydrogen-bond donors (Lipinski definition) is 2. The van der Waals surface area contributed by atoms with E-state index in [1.165, 1.54) is 11.5 Å². The molecule has 27 heavy (non-hydrogen) atoms. The van der Waals surface area contributed by atoms with Gasteiger partial charge in [-0.15, -0.1) is 0 Å². The largest absolute Gasteiger partial charge is 0.367 e. The summed E-state index contributed by atoms with van der Waals surface area (Å²) in [7, 11) is 0. The van der Waals surface area contributed by atoms with Crippen LogP contribution in [-0.2, 0) is 0 Å². The standard InChI is InChI=1S/C18H14N8S/c19-8-12-9-21-26-16(24-13-4-5-13)7-15(25-17(12)26)23-14-3-1-2-11(6-14)18-20-10-22-27-18/h1-3,6-7,9-10,13,24H,4-5H2,(H,23,25). The molecule has 0 atom stereocenters. The van der Waals surface area contributed by atoms with Gasteiger partial charge in [0, 0.05) is 23.4 Å². The van der Waals surface area contributed by atoms with Gasteiger partial charge in [-0.2, -0.15) is 19.2 Å². The Morgan fingerprint density at radius 3 is 2.96 bits per heavy atom. The molecule has 0 unspecified atom stereocenters. The third-order valence-corrected chi connectivity index (χ3v) is 4.98. The maximum Gasteiger partial charge on any atom is 0.177 e. The molecule has 0 bridgehead atoms. The molecule has 0 amide bonds. The first kappa shape index (κ1) is 15.7. The van der Waals surface area contributed by atoms with Crippen LogP contribution in [0.15, 0.2) is 42.9 Å². The number of hydrogen-bond acceptors (Lipinski definition) is 8. The fraction of sp³-hybridized carbons (Fsp3) is 0.167. The number of anilines is 3. The smallest absolute Gasteiger partial charge is 0.177 e. The van der Waals surface area contributed by atoms with Gasteiger partial charge in [0.25, 0.3) is 0 Å². The van der Waals surface area contributed by atoms with Crippen LogP contribution in [0.5, 0.6) is 0 Å². The molecule has 1 fully saturated rings. The summed E-state index contributed by atoms with van der Waals surface area (Å²) in [5, 5.41) is 21.3. The number of benzene rings is 1. The van der Waals surface area contributed by atoms with Gasteiger partial charge in [0.15, 0.2) is 5.65 Å². The zero-order valence-corrected chi connectivity index (χ0v) is 14.9. The second kappa shape index (κ2) is 6.34. The van der Waals surface area contributed by atoms with Gasteiger partial charge in [-0.05, 0) is 36.5 Å². The monoisotopic (exact) mass is 374 g/mol. The van der Waals surface area contributed by atoms with Crippen LogP contribution in [0, 0.1) is 11.3 Å². The van der Waals surface area contributed by atoms with Crippen molar-refractivity contribution in [3.8, 4) is 16.6 Å². The molecule has 0 spiro atoms. The summed E-state index contributed by atoms with van der Waals surface area (Å²) in [6.07, 6.45) is 5.38. The first-order valence-corrected chi connectivity index (χ1v) is 9.27. The third kappa shape index (κ3) is 3.07. The lowest BCUT2D eigenvalue weighted by atomic mass is 10.2. The molecule has 0 aliphatic heterocycles. The van der Waals surface area contributed by atoms with Gasteiger partial charge >= 0.3 is 0 Å². The highest BCUT2D eigenvalue weighted by molar-refractivity contribution is 7.09. The van der Waals surface area contributed by atoms with E-state index in [-0.39, 0.29) is 0 Å². The summed E-state index contributed by atoms with van der Waals surface area (Å²) < 4.78 is 5.73. The molecule has 1 aliphatic carbocycles. The molecular formula is C18H14N8S. The van der Waals surface area contributed by atoms with Crippen molar-refractivity contribution in [2.45, 2.75) is 18.9 Å². The SMILES string of the molecule is N#Cc1cnn2c(NC3CC3)cc(Nc3cccc(-c4ncns4)c3)nc12. The Morgan fingerprint density at radius 1 is 1.26 bits per heavy atom. The third-order valence-electron chi connectivity index (χ3n) is 4.26. The molecule has 2 N–H and O–H groups in total. The Bertz CT molecular complexity index is 1150. The number of fused-ring (bicyclic) bond motifs is 1. The lowest BCUT2D eigenvalue weighted by Crippen LogP contribution is -2.09. The molecular weight excluding hydrogens is 360 g/mol. The van der Waals surface area contributed by atoms with Crippen molar-refractivity contribution in [1.29, 1.82) is 5.26 Å². The average Bonchev–Trinajstić information content (AvgIpc) is 3.18. The van der Waals surface area contributed by atoms with E-state index < -0.39 is 0 Å². The van der Waals surface area contributed by atoms with Gasteiger partial charge < -0.3 is 10.6 Å². The summed E-state index contributed by atoms with van der Waals surface area (Å²) >= 11 is 1.35. The van der Waals surface area contributed by atoms with Crippen LogP contribution in [0.25, 0.3) is 16.2 Å². The molecule has 9 heteroatoms. The van der Waals surface area contributed by atoms with Crippen LogP contribution in [-0.4, -0.2) is 30.0 Å². The number of nitrogens with one attached hydrogen (secondary N) is 2. The van der Waals surface area contributed by atoms with Gasteiger partial charge in [-0.1, -0.05) is 12.1 Å². The fourth-order valence-corrected chi connectivity index (χ4v) is 3.34. The molecule has 3 aromatic heterocycles. The minimum absolute atomic E-state index is 0.445. The first-order valence-electron chi connectivity index (χ1n) is 8.50. The minimum Gasteiger partial charge on any atom is -0.367 e. The Hall–Kier alpha value is -3.51. The Kier molecular flexibility index (Phi) is 3.69. The molecule has 0 radical (unpaired) electrons. The molecule has 1 aromatic carbocycles. The van der Waals surface area contributed by atoms with E-state index in [1.54, 1.807) is 17.0 Å². The summed E-state index contributed by atoms with van der Waals surface area (Å²) in [6, 6.07) is 12.4. The summed E-state index contributed by atoms with van der Waals surface area (Å²) in [5.41, 5.74) is 2.85. The van der Waals surface area contributed by atoms with Crippen molar-refractivity contribution < 1.29 is 0 Å². The van der Waals surface area contributed by atoms with Gasteiger partial charge in [-0.3, -0.25) is 0 Å². The van der Waals surface area contributed by atoms with Crippen LogP contribution in [0.3, 0.4) is 0 Å². The van der Waals surface area contributed by atoms with Gasteiger partial charge in [0.2, 0.25) is 0 Å². The van der Waals surface area contributed by atoms with Crippen molar-refractivity contribution in [2.75, 3.05) is 10.6 Å². The van der Waals surface area contributed by atoms with Crippen LogP contribution in [0.4, 0.5) is 17.3 Å². The lowest BCUT2D eigenvalue weighted by molar-refractivity contribution is 0.926. The van der Waals surface area contributed by atoms with E-state index >= 15 is 0 Å². The predicted molar refractivity (Wildman–Crippen MR) is 103 cm³/mol. The lowest BCUT2D eigenvalue weighted by Gasteiger charge is -2.11. The minimum atomic E-state index is 0.445. The molecule has 8 nitrogen and oxygen atoms in total. The summed E-state index contributed by atoms with van der Waals surface area (Å²) in [5.74, 6) is 1.48. The summed E-state index contributed by atoms with van der Waals surface area (Å²) in [6.45, 7) is 0. The fourth-order valence-electron chi connectivity index (χ4n) is 2.82. The van der Waals surface area contributed by atoms with Crippen molar-refractivity contribution in [2.24, 2.45) is 0 Å².